The second-order valence-electron chi connectivity index (χ2n) is 4.98. The van der Waals surface area contributed by atoms with Crippen molar-refractivity contribution in [1.82, 2.24) is 4.90 Å². The third kappa shape index (κ3) is 3.00. The lowest BCUT2D eigenvalue weighted by Crippen LogP contribution is -2.42. The Balaban J connectivity index is 1.92. The topological polar surface area (TPSA) is 87.1 Å². The molecule has 2 aliphatic rings. The molecule has 2 heterocycles. The first-order chi connectivity index (χ1) is 8.58. The van der Waals surface area contributed by atoms with Gasteiger partial charge in [-0.1, -0.05) is 0 Å². The number of rotatable bonds is 3. The number of hydrogen-bond acceptors (Lipinski definition) is 4. The molecular weight excluding hydrogens is 238 g/mol. The molecular formula is C12H19NO5. The van der Waals surface area contributed by atoms with Crippen LogP contribution in [-0.4, -0.2) is 58.4 Å². The number of carbonyl (C=O) groups is 2. The minimum Gasteiger partial charge on any atom is -0.480 e. The number of aliphatic hydroxyl groups excluding tert-OH is 1. The van der Waals surface area contributed by atoms with Gasteiger partial charge in [-0.25, -0.2) is 4.79 Å². The second-order valence-corrected chi connectivity index (χ2v) is 4.98. The molecule has 0 aromatic rings. The zero-order valence-electron chi connectivity index (χ0n) is 10.2. The Morgan fingerprint density at radius 1 is 1.33 bits per heavy atom. The molecule has 1 amide bonds. The van der Waals surface area contributed by atoms with E-state index in [4.69, 9.17) is 9.84 Å². The van der Waals surface area contributed by atoms with Crippen LogP contribution < -0.4 is 0 Å². The van der Waals surface area contributed by atoms with Gasteiger partial charge in [-0.3, -0.25) is 4.79 Å². The molecule has 0 aromatic carbocycles. The Kier molecular flexibility index (Phi) is 4.19. The summed E-state index contributed by atoms with van der Waals surface area (Å²) in [4.78, 5) is 24.3. The van der Waals surface area contributed by atoms with Crippen molar-refractivity contribution in [2.75, 3.05) is 13.2 Å². The monoisotopic (exact) mass is 257 g/mol. The van der Waals surface area contributed by atoms with Gasteiger partial charge in [0.15, 0.2) is 0 Å². The molecule has 0 aliphatic carbocycles. The van der Waals surface area contributed by atoms with Gasteiger partial charge < -0.3 is 19.8 Å². The fourth-order valence-electron chi connectivity index (χ4n) is 2.60. The third-order valence-electron chi connectivity index (χ3n) is 3.56. The molecule has 6 nitrogen and oxygen atoms in total. The number of aliphatic hydroxyl groups is 1. The molecule has 1 unspecified atom stereocenters. The highest BCUT2D eigenvalue weighted by Gasteiger charge is 2.39. The van der Waals surface area contributed by atoms with Crippen LogP contribution in [0.15, 0.2) is 0 Å². The average Bonchev–Trinajstić information content (AvgIpc) is 2.73. The van der Waals surface area contributed by atoms with E-state index in [9.17, 15) is 14.7 Å². The van der Waals surface area contributed by atoms with Crippen LogP contribution in [-0.2, 0) is 14.3 Å². The largest absolute Gasteiger partial charge is 0.480 e. The molecule has 2 rings (SSSR count). The van der Waals surface area contributed by atoms with Crippen molar-refractivity contribution < 1.29 is 24.5 Å². The predicted octanol–water partition coefficient (Wildman–Crippen LogP) is -0.00800. The molecule has 2 saturated heterocycles. The van der Waals surface area contributed by atoms with Crippen molar-refractivity contribution in [2.24, 2.45) is 0 Å². The van der Waals surface area contributed by atoms with Gasteiger partial charge >= 0.3 is 5.97 Å². The Morgan fingerprint density at radius 3 is 2.72 bits per heavy atom. The van der Waals surface area contributed by atoms with Gasteiger partial charge in [0, 0.05) is 19.6 Å². The minimum absolute atomic E-state index is 0.0987. The Hall–Kier alpha value is -1.14. The van der Waals surface area contributed by atoms with Crippen LogP contribution in [0.3, 0.4) is 0 Å². The molecule has 2 fully saturated rings. The number of carboxylic acids is 1. The fourth-order valence-corrected chi connectivity index (χ4v) is 2.60. The van der Waals surface area contributed by atoms with Gasteiger partial charge in [0.25, 0.3) is 0 Å². The highest BCUT2D eigenvalue weighted by Crippen LogP contribution is 2.22. The first-order valence-corrected chi connectivity index (χ1v) is 6.40. The number of hydrogen-bond donors (Lipinski definition) is 2. The van der Waals surface area contributed by atoms with Crippen LogP contribution in [0.2, 0.25) is 0 Å². The molecule has 0 aromatic heterocycles. The maximum atomic E-state index is 12.0. The predicted molar refractivity (Wildman–Crippen MR) is 62.0 cm³/mol. The average molecular weight is 257 g/mol. The van der Waals surface area contributed by atoms with Crippen LogP contribution in [0.4, 0.5) is 0 Å². The zero-order chi connectivity index (χ0) is 13.1. The fraction of sp³-hybridized carbons (Fsp3) is 0.833. The molecule has 2 N–H and O–H groups in total. The molecule has 0 saturated carbocycles. The van der Waals surface area contributed by atoms with Crippen molar-refractivity contribution in [1.29, 1.82) is 0 Å². The van der Waals surface area contributed by atoms with E-state index in [0.29, 0.717) is 6.61 Å². The highest BCUT2D eigenvalue weighted by atomic mass is 16.5. The number of carboxylic acid groups (broad SMARTS) is 1. The highest BCUT2D eigenvalue weighted by molar-refractivity contribution is 5.84. The number of amides is 1. The van der Waals surface area contributed by atoms with Crippen molar-refractivity contribution >= 4 is 11.9 Å². The number of likely N-dealkylation sites (tertiary alicyclic amines) is 1. The molecule has 0 radical (unpaired) electrons. The summed E-state index contributed by atoms with van der Waals surface area (Å²) in [6.45, 7) is 0.783. The van der Waals surface area contributed by atoms with Gasteiger partial charge in [-0.05, 0) is 19.3 Å². The molecule has 18 heavy (non-hydrogen) atoms. The first-order valence-electron chi connectivity index (χ1n) is 6.40. The second kappa shape index (κ2) is 5.67. The summed E-state index contributed by atoms with van der Waals surface area (Å²) in [7, 11) is 0. The minimum atomic E-state index is -1.05. The van der Waals surface area contributed by atoms with Gasteiger partial charge in [0.1, 0.15) is 6.04 Å². The lowest BCUT2D eigenvalue weighted by molar-refractivity contribution is -0.149. The summed E-state index contributed by atoms with van der Waals surface area (Å²) in [5.74, 6) is -1.28. The summed E-state index contributed by atoms with van der Waals surface area (Å²) >= 11 is 0. The first kappa shape index (κ1) is 13.3. The van der Waals surface area contributed by atoms with Crippen LogP contribution in [0, 0.1) is 0 Å². The number of carbonyl (C=O) groups excluding carboxylic acids is 1. The van der Waals surface area contributed by atoms with E-state index in [2.05, 4.69) is 0 Å². The standard InChI is InChI=1S/C12H19NO5/c14-8-5-10(12(16)17)13(7-8)11(15)6-9-3-1-2-4-18-9/h8-10,14H,1-7H2,(H,16,17)/t8-,9?,10-/m0/s1. The summed E-state index contributed by atoms with van der Waals surface area (Å²) < 4.78 is 5.47. The lowest BCUT2D eigenvalue weighted by Gasteiger charge is -2.26. The summed E-state index contributed by atoms with van der Waals surface area (Å²) in [5, 5.41) is 18.5. The van der Waals surface area contributed by atoms with Crippen LogP contribution in [0.5, 0.6) is 0 Å². The SMILES string of the molecule is O=C(O)[C@@H]1C[C@H](O)CN1C(=O)CC1CCCCO1. The molecule has 0 bridgehead atoms. The smallest absolute Gasteiger partial charge is 0.326 e. The lowest BCUT2D eigenvalue weighted by atomic mass is 10.1. The maximum Gasteiger partial charge on any atom is 0.326 e. The van der Waals surface area contributed by atoms with E-state index in [0.717, 1.165) is 19.3 Å². The molecule has 0 spiro atoms. The Morgan fingerprint density at radius 2 is 2.11 bits per heavy atom. The summed E-state index contributed by atoms with van der Waals surface area (Å²) in [6, 6.07) is -0.893. The number of ether oxygens (including phenoxy) is 1. The van der Waals surface area contributed by atoms with Crippen LogP contribution in [0.1, 0.15) is 32.1 Å². The number of aliphatic carboxylic acids is 1. The third-order valence-corrected chi connectivity index (χ3v) is 3.56. The van der Waals surface area contributed by atoms with E-state index >= 15 is 0 Å². The van der Waals surface area contributed by atoms with E-state index in [1.54, 1.807) is 0 Å². The number of β-amino-alcohol motifs (C(OH)–C–C–N with tert-alkyl or cyclic N) is 1. The van der Waals surface area contributed by atoms with E-state index < -0.39 is 18.1 Å². The maximum absolute atomic E-state index is 12.0. The molecule has 2 aliphatic heterocycles. The molecule has 6 heteroatoms. The van der Waals surface area contributed by atoms with E-state index in [1.165, 1.54) is 4.90 Å². The van der Waals surface area contributed by atoms with Gasteiger partial charge in [-0.15, -0.1) is 0 Å². The van der Waals surface area contributed by atoms with Crippen molar-refractivity contribution in [3.05, 3.63) is 0 Å². The summed E-state index contributed by atoms with van der Waals surface area (Å²) in [6.07, 6.45) is 2.41. The number of nitrogens with zero attached hydrogens (tertiary/aromatic N) is 1. The normalized spacial score (nSPS) is 32.5. The summed E-state index contributed by atoms with van der Waals surface area (Å²) in [5.41, 5.74) is 0. The van der Waals surface area contributed by atoms with Crippen LogP contribution in [0.25, 0.3) is 0 Å². The van der Waals surface area contributed by atoms with Crippen molar-refractivity contribution in [3.63, 3.8) is 0 Å². The quantitative estimate of drug-likeness (QED) is 0.742. The van der Waals surface area contributed by atoms with Gasteiger partial charge in [-0.2, -0.15) is 0 Å². The van der Waals surface area contributed by atoms with Gasteiger partial charge in [0.05, 0.1) is 18.6 Å². The van der Waals surface area contributed by atoms with Crippen LogP contribution >= 0.6 is 0 Å². The Labute approximate surface area is 106 Å². The molecule has 3 atom stereocenters. The Bertz CT molecular complexity index is 326. The van der Waals surface area contributed by atoms with Crippen molar-refractivity contribution in [3.8, 4) is 0 Å². The van der Waals surface area contributed by atoms with E-state index in [-0.39, 0.29) is 31.4 Å². The molecule has 102 valence electrons. The van der Waals surface area contributed by atoms with Crippen molar-refractivity contribution in [2.45, 2.75) is 50.4 Å². The van der Waals surface area contributed by atoms with Gasteiger partial charge in [0.2, 0.25) is 5.91 Å². The zero-order valence-corrected chi connectivity index (χ0v) is 10.2. The van der Waals surface area contributed by atoms with E-state index in [1.807, 2.05) is 0 Å².